The van der Waals surface area contributed by atoms with Gasteiger partial charge in [-0.2, -0.15) is 0 Å². The van der Waals surface area contributed by atoms with E-state index in [9.17, 15) is 14.4 Å². The van der Waals surface area contributed by atoms with Gasteiger partial charge in [-0.1, -0.05) is 20.8 Å². The van der Waals surface area contributed by atoms with Crippen molar-refractivity contribution in [2.45, 2.75) is 84.4 Å². The molecule has 0 aromatic carbocycles. The van der Waals surface area contributed by atoms with Crippen LogP contribution in [0.2, 0.25) is 0 Å². The summed E-state index contributed by atoms with van der Waals surface area (Å²) < 4.78 is 5.86. The lowest BCUT2D eigenvalue weighted by Gasteiger charge is -2.56. The van der Waals surface area contributed by atoms with Crippen LogP contribution in [0.5, 0.6) is 0 Å². The van der Waals surface area contributed by atoms with Crippen LogP contribution >= 0.6 is 0 Å². The fourth-order valence-electron chi connectivity index (χ4n) is 7.65. The molecule has 2 aliphatic heterocycles. The summed E-state index contributed by atoms with van der Waals surface area (Å²) in [6.07, 6.45) is 7.30. The van der Waals surface area contributed by atoms with Crippen LogP contribution in [-0.2, 0) is 19.1 Å². The van der Waals surface area contributed by atoms with Gasteiger partial charge in [0.05, 0.1) is 6.61 Å². The molecule has 2 saturated heterocycles. The molecule has 4 bridgehead atoms. The van der Waals surface area contributed by atoms with Gasteiger partial charge in [0.25, 0.3) is 0 Å². The monoisotopic (exact) mass is 387 g/mol. The quantitative estimate of drug-likeness (QED) is 0.697. The fourth-order valence-corrected chi connectivity index (χ4v) is 7.65. The largest absolute Gasteiger partial charge is 0.355 e. The van der Waals surface area contributed by atoms with Crippen molar-refractivity contribution < 1.29 is 19.1 Å². The highest BCUT2D eigenvalue weighted by Gasteiger charge is 2.65. The minimum Gasteiger partial charge on any atom is -0.355 e. The van der Waals surface area contributed by atoms with Crippen molar-refractivity contribution >= 4 is 17.5 Å². The third kappa shape index (κ3) is 2.50. The van der Waals surface area contributed by atoms with Gasteiger partial charge in [0.2, 0.25) is 5.91 Å². The van der Waals surface area contributed by atoms with E-state index in [2.05, 4.69) is 0 Å². The minimum absolute atomic E-state index is 0.0558. The molecular formula is C23H33NO4. The van der Waals surface area contributed by atoms with Crippen LogP contribution in [0.3, 0.4) is 0 Å². The van der Waals surface area contributed by atoms with E-state index in [1.807, 2.05) is 20.8 Å². The first-order chi connectivity index (χ1) is 13.0. The van der Waals surface area contributed by atoms with Crippen LogP contribution in [0, 0.1) is 34.5 Å². The molecule has 3 atom stereocenters. The number of amides is 1. The molecule has 0 aromatic heterocycles. The zero-order valence-corrected chi connectivity index (χ0v) is 17.6. The topological polar surface area (TPSA) is 63.7 Å². The predicted molar refractivity (Wildman–Crippen MR) is 103 cm³/mol. The molecule has 2 heterocycles. The Labute approximate surface area is 167 Å². The molecule has 4 saturated carbocycles. The number of ether oxygens (including phenoxy) is 1. The Bertz CT molecular complexity index is 715. The van der Waals surface area contributed by atoms with Gasteiger partial charge < -0.3 is 9.64 Å². The smallest absolute Gasteiger partial charge is 0.243 e. The van der Waals surface area contributed by atoms with Crippen LogP contribution < -0.4 is 0 Å². The highest BCUT2D eigenvalue weighted by Crippen LogP contribution is 2.61. The van der Waals surface area contributed by atoms with Crippen molar-refractivity contribution in [2.75, 3.05) is 6.61 Å². The number of carbonyl (C=O) groups excluding carboxylic acids is 3. The van der Waals surface area contributed by atoms with Gasteiger partial charge in [0.1, 0.15) is 11.8 Å². The van der Waals surface area contributed by atoms with Gasteiger partial charge in [0, 0.05) is 11.8 Å². The third-order valence-electron chi connectivity index (χ3n) is 8.34. The van der Waals surface area contributed by atoms with E-state index in [4.69, 9.17) is 4.74 Å². The molecule has 0 N–H and O–H groups in total. The Kier molecular flexibility index (Phi) is 3.81. The second-order valence-corrected chi connectivity index (χ2v) is 11.9. The third-order valence-corrected chi connectivity index (χ3v) is 8.34. The molecule has 6 rings (SSSR count). The Morgan fingerprint density at radius 2 is 1.61 bits per heavy atom. The van der Waals surface area contributed by atoms with Crippen molar-refractivity contribution in [1.82, 2.24) is 4.90 Å². The van der Waals surface area contributed by atoms with Gasteiger partial charge >= 0.3 is 0 Å². The number of hydrogen-bond donors (Lipinski definition) is 0. The second-order valence-electron chi connectivity index (χ2n) is 11.9. The summed E-state index contributed by atoms with van der Waals surface area (Å²) in [6.45, 7) is 7.99. The SMILES string of the molecule is CC(C)(C)[C@@H]1OC[C@@]2(C)C(=O)C(C(=O)CC34CC5CC(CC(C5)C3)C4)C(=O)N12. The molecule has 6 fully saturated rings. The molecule has 0 aromatic rings. The first-order valence-corrected chi connectivity index (χ1v) is 11.0. The second kappa shape index (κ2) is 5.68. The number of carbonyl (C=O) groups is 3. The summed E-state index contributed by atoms with van der Waals surface area (Å²) in [5.41, 5.74) is -1.23. The van der Waals surface area contributed by atoms with E-state index in [1.54, 1.807) is 11.8 Å². The summed E-state index contributed by atoms with van der Waals surface area (Å²) in [7, 11) is 0. The molecule has 1 unspecified atom stereocenters. The number of fused-ring (bicyclic) bond motifs is 1. The number of nitrogens with zero attached hydrogens (tertiary/aromatic N) is 1. The lowest BCUT2D eigenvalue weighted by Crippen LogP contribution is -2.50. The van der Waals surface area contributed by atoms with Crippen molar-refractivity contribution in [3.05, 3.63) is 0 Å². The van der Waals surface area contributed by atoms with E-state index in [1.165, 1.54) is 19.3 Å². The standard InChI is InChI=1S/C23H33NO4/c1-21(2,3)20-24-19(27)17(18(26)22(24,4)12-28-20)16(25)11-23-8-13-5-14(9-23)7-15(6-13)10-23/h13-15,17,20H,5-12H2,1-4H3/t13?,14?,15?,17?,20-,22-,23?/m0/s1. The molecule has 6 aliphatic rings. The number of Topliss-reactive ketones (excluding diaryl/α,β-unsaturated/α-hetero) is 2. The van der Waals surface area contributed by atoms with E-state index in [-0.39, 0.29) is 34.9 Å². The van der Waals surface area contributed by atoms with Gasteiger partial charge in [-0.25, -0.2) is 0 Å². The molecule has 28 heavy (non-hydrogen) atoms. The normalized spacial score (nSPS) is 47.1. The van der Waals surface area contributed by atoms with E-state index < -0.39 is 17.7 Å². The lowest BCUT2D eigenvalue weighted by atomic mass is 9.48. The van der Waals surface area contributed by atoms with Crippen LogP contribution in [0.25, 0.3) is 0 Å². The highest BCUT2D eigenvalue weighted by atomic mass is 16.5. The van der Waals surface area contributed by atoms with Crippen LogP contribution in [0.1, 0.15) is 72.6 Å². The molecule has 0 spiro atoms. The zero-order chi connectivity index (χ0) is 20.1. The molecule has 4 aliphatic carbocycles. The molecule has 5 nitrogen and oxygen atoms in total. The maximum absolute atomic E-state index is 13.4. The summed E-state index contributed by atoms with van der Waals surface area (Å²) in [4.78, 5) is 41.5. The summed E-state index contributed by atoms with van der Waals surface area (Å²) in [5.74, 6) is 0.487. The average molecular weight is 388 g/mol. The first kappa shape index (κ1) is 18.8. The number of rotatable bonds is 3. The van der Waals surface area contributed by atoms with E-state index >= 15 is 0 Å². The average Bonchev–Trinajstić information content (AvgIpc) is 2.99. The fraction of sp³-hybridized carbons (Fsp3) is 0.870. The van der Waals surface area contributed by atoms with Crippen LogP contribution in [0.15, 0.2) is 0 Å². The lowest BCUT2D eigenvalue weighted by molar-refractivity contribution is -0.149. The van der Waals surface area contributed by atoms with Crippen molar-refractivity contribution in [2.24, 2.45) is 34.5 Å². The molecule has 0 radical (unpaired) electrons. The molecule has 154 valence electrons. The Morgan fingerprint density at radius 1 is 1.07 bits per heavy atom. The van der Waals surface area contributed by atoms with Gasteiger partial charge in [-0.15, -0.1) is 0 Å². The maximum atomic E-state index is 13.4. The summed E-state index contributed by atoms with van der Waals surface area (Å²) in [6, 6.07) is 0. The first-order valence-electron chi connectivity index (χ1n) is 11.0. The highest BCUT2D eigenvalue weighted by molar-refractivity contribution is 6.26. The summed E-state index contributed by atoms with van der Waals surface area (Å²) >= 11 is 0. The molecule has 5 heteroatoms. The Morgan fingerprint density at radius 3 is 2.11 bits per heavy atom. The van der Waals surface area contributed by atoms with Crippen molar-refractivity contribution in [1.29, 1.82) is 0 Å². The van der Waals surface area contributed by atoms with E-state index in [0.29, 0.717) is 6.42 Å². The number of ketones is 2. The zero-order valence-electron chi connectivity index (χ0n) is 17.6. The number of hydrogen-bond acceptors (Lipinski definition) is 4. The van der Waals surface area contributed by atoms with E-state index in [0.717, 1.165) is 37.0 Å². The Hall–Kier alpha value is -1.23. The summed E-state index contributed by atoms with van der Waals surface area (Å²) in [5, 5.41) is 0. The predicted octanol–water partition coefficient (Wildman–Crippen LogP) is 3.35. The van der Waals surface area contributed by atoms with Crippen molar-refractivity contribution in [3.8, 4) is 0 Å². The van der Waals surface area contributed by atoms with Crippen molar-refractivity contribution in [3.63, 3.8) is 0 Å². The molecule has 1 amide bonds. The van der Waals surface area contributed by atoms with Gasteiger partial charge in [-0.05, 0) is 68.6 Å². The van der Waals surface area contributed by atoms with Crippen LogP contribution in [0.4, 0.5) is 0 Å². The van der Waals surface area contributed by atoms with Gasteiger partial charge in [-0.3, -0.25) is 14.4 Å². The van der Waals surface area contributed by atoms with Gasteiger partial charge in [0.15, 0.2) is 17.5 Å². The minimum atomic E-state index is -1.10. The molecular weight excluding hydrogens is 354 g/mol. The van der Waals surface area contributed by atoms with Crippen LogP contribution in [-0.4, -0.2) is 40.7 Å². The maximum Gasteiger partial charge on any atom is 0.243 e. The Balaban J connectivity index is 1.39.